The molecule has 2 amide bonds. The third kappa shape index (κ3) is 4.82. The molecule has 37 heavy (non-hydrogen) atoms. The fourth-order valence-electron chi connectivity index (χ4n) is 4.43. The Bertz CT molecular complexity index is 1400. The van der Waals surface area contributed by atoms with E-state index in [1.807, 2.05) is 0 Å². The van der Waals surface area contributed by atoms with Gasteiger partial charge >= 0.3 is 0 Å². The van der Waals surface area contributed by atoms with Crippen LogP contribution in [-0.4, -0.2) is 41.1 Å². The highest BCUT2D eigenvalue weighted by Crippen LogP contribution is 2.47. The van der Waals surface area contributed by atoms with Crippen LogP contribution in [0.5, 0.6) is 0 Å². The summed E-state index contributed by atoms with van der Waals surface area (Å²) >= 11 is 6.00. The lowest BCUT2D eigenvalue weighted by Gasteiger charge is -2.33. The van der Waals surface area contributed by atoms with Gasteiger partial charge in [0.05, 0.1) is 12.3 Å². The van der Waals surface area contributed by atoms with Crippen LogP contribution in [0.15, 0.2) is 54.6 Å². The van der Waals surface area contributed by atoms with Gasteiger partial charge in [-0.2, -0.15) is 0 Å². The Kier molecular flexibility index (Phi) is 7.07. The first kappa shape index (κ1) is 26.7. The van der Waals surface area contributed by atoms with Crippen LogP contribution in [0.1, 0.15) is 43.8 Å². The summed E-state index contributed by atoms with van der Waals surface area (Å²) in [6.07, 6.45) is -0.897. The van der Waals surface area contributed by atoms with Crippen molar-refractivity contribution >= 4 is 34.8 Å². The van der Waals surface area contributed by atoms with Gasteiger partial charge in [0, 0.05) is 40.4 Å². The van der Waals surface area contributed by atoms with Gasteiger partial charge in [-0.15, -0.1) is 0 Å². The number of anilines is 2. The highest BCUT2D eigenvalue weighted by atomic mass is 35.5. The lowest BCUT2D eigenvalue weighted by Crippen LogP contribution is -2.48. The standard InChI is InChI=1S/C27H24ClF3N2O4/c1-15-12-19(29)5-6-20(15)24(35)32-22-7-3-17(11-16(22)2)25(36)33-10-9-27(30,31)26(37,14-34)21-13-18(28)4-8-23(21)33/h3-8,11-13,34,37H,9-10,14H2,1-2H3,(H,32,35)/t26-/m0/s1. The molecule has 0 aromatic heterocycles. The molecule has 0 unspecified atom stereocenters. The number of carbonyl (C=O) groups excluding carboxylic acids is 2. The summed E-state index contributed by atoms with van der Waals surface area (Å²) in [5.74, 6) is -5.26. The fraction of sp³-hybridized carbons (Fsp3) is 0.259. The van der Waals surface area contributed by atoms with Crippen LogP contribution in [0.4, 0.5) is 24.5 Å². The van der Waals surface area contributed by atoms with Crippen molar-refractivity contribution in [3.8, 4) is 0 Å². The van der Waals surface area contributed by atoms with E-state index in [1.54, 1.807) is 13.8 Å². The zero-order valence-electron chi connectivity index (χ0n) is 20.0. The van der Waals surface area contributed by atoms with Gasteiger partial charge in [-0.3, -0.25) is 9.59 Å². The lowest BCUT2D eigenvalue weighted by molar-refractivity contribution is -0.205. The molecule has 3 aromatic carbocycles. The molecule has 10 heteroatoms. The molecule has 1 aliphatic rings. The maximum atomic E-state index is 14.9. The zero-order valence-corrected chi connectivity index (χ0v) is 20.7. The Hall–Kier alpha value is -3.40. The van der Waals surface area contributed by atoms with Crippen molar-refractivity contribution in [1.29, 1.82) is 0 Å². The van der Waals surface area contributed by atoms with Crippen molar-refractivity contribution in [3.05, 3.63) is 93.3 Å². The molecule has 1 heterocycles. The number of nitrogens with one attached hydrogen (secondary N) is 1. The fourth-order valence-corrected chi connectivity index (χ4v) is 4.60. The Morgan fingerprint density at radius 3 is 2.43 bits per heavy atom. The predicted octanol–water partition coefficient (Wildman–Crippen LogP) is 5.21. The summed E-state index contributed by atoms with van der Waals surface area (Å²) in [5, 5.41) is 23.3. The Morgan fingerprint density at radius 2 is 1.78 bits per heavy atom. The van der Waals surface area contributed by atoms with E-state index in [1.165, 1.54) is 48.5 Å². The number of aryl methyl sites for hydroxylation is 2. The molecule has 1 aliphatic heterocycles. The van der Waals surface area contributed by atoms with Gasteiger partial charge < -0.3 is 20.4 Å². The van der Waals surface area contributed by atoms with Crippen molar-refractivity contribution < 1.29 is 33.0 Å². The van der Waals surface area contributed by atoms with Gasteiger partial charge in [0.25, 0.3) is 17.7 Å². The number of nitrogens with zero attached hydrogens (tertiary/aromatic N) is 1. The second kappa shape index (κ2) is 9.81. The van der Waals surface area contributed by atoms with Crippen molar-refractivity contribution in [2.24, 2.45) is 0 Å². The first-order valence-corrected chi connectivity index (χ1v) is 11.8. The Morgan fingerprint density at radius 1 is 1.05 bits per heavy atom. The number of aliphatic hydroxyl groups is 2. The van der Waals surface area contributed by atoms with Crippen molar-refractivity contribution in [2.45, 2.75) is 31.8 Å². The maximum Gasteiger partial charge on any atom is 0.284 e. The van der Waals surface area contributed by atoms with Crippen LogP contribution in [0, 0.1) is 19.7 Å². The second-order valence-electron chi connectivity index (χ2n) is 9.03. The van der Waals surface area contributed by atoms with E-state index in [2.05, 4.69) is 5.32 Å². The Labute approximate surface area is 216 Å². The highest BCUT2D eigenvalue weighted by Gasteiger charge is 2.56. The molecule has 3 N–H and O–H groups in total. The summed E-state index contributed by atoms with van der Waals surface area (Å²) in [5.41, 5.74) is -1.42. The molecular weight excluding hydrogens is 509 g/mol. The number of alkyl halides is 2. The smallest absolute Gasteiger partial charge is 0.284 e. The minimum atomic E-state index is -3.74. The number of rotatable bonds is 4. The molecule has 0 bridgehead atoms. The molecule has 0 fully saturated rings. The minimum Gasteiger partial charge on any atom is -0.393 e. The second-order valence-corrected chi connectivity index (χ2v) is 9.47. The van der Waals surface area contributed by atoms with Crippen LogP contribution in [0.2, 0.25) is 5.02 Å². The van der Waals surface area contributed by atoms with E-state index >= 15 is 0 Å². The number of amides is 2. The molecule has 0 spiro atoms. The first-order chi connectivity index (χ1) is 17.4. The summed E-state index contributed by atoms with van der Waals surface area (Å²) in [7, 11) is 0. The average molecular weight is 533 g/mol. The van der Waals surface area contributed by atoms with Gasteiger partial charge in [-0.25, -0.2) is 13.2 Å². The van der Waals surface area contributed by atoms with Crippen LogP contribution in [-0.2, 0) is 5.60 Å². The van der Waals surface area contributed by atoms with E-state index in [0.717, 1.165) is 11.0 Å². The molecule has 1 atom stereocenters. The summed E-state index contributed by atoms with van der Waals surface area (Å²) < 4.78 is 43.3. The molecule has 194 valence electrons. The number of aliphatic hydroxyl groups excluding tert-OH is 1. The highest BCUT2D eigenvalue weighted by molar-refractivity contribution is 6.30. The van der Waals surface area contributed by atoms with Crippen LogP contribution >= 0.6 is 11.6 Å². The molecule has 0 radical (unpaired) electrons. The first-order valence-electron chi connectivity index (χ1n) is 11.4. The minimum absolute atomic E-state index is 0.00458. The van der Waals surface area contributed by atoms with Gasteiger partial charge in [0.1, 0.15) is 5.82 Å². The van der Waals surface area contributed by atoms with Gasteiger partial charge in [-0.05, 0) is 79.6 Å². The number of hydrogen-bond donors (Lipinski definition) is 3. The zero-order chi connectivity index (χ0) is 27.1. The molecular formula is C27H24ClF3N2O4. The maximum absolute atomic E-state index is 14.9. The number of hydrogen-bond acceptors (Lipinski definition) is 4. The molecule has 0 aliphatic carbocycles. The lowest BCUT2D eigenvalue weighted by atomic mass is 9.86. The van der Waals surface area contributed by atoms with E-state index < -0.39 is 48.7 Å². The largest absolute Gasteiger partial charge is 0.393 e. The SMILES string of the molecule is Cc1cc(C(=O)N2CCC(F)(F)[C@](O)(CO)c3cc(Cl)ccc32)ccc1NC(=O)c1ccc(F)cc1C. The van der Waals surface area contributed by atoms with Crippen molar-refractivity contribution in [3.63, 3.8) is 0 Å². The van der Waals surface area contributed by atoms with E-state index in [4.69, 9.17) is 11.6 Å². The number of halogens is 4. The molecule has 6 nitrogen and oxygen atoms in total. The average Bonchev–Trinajstić information content (AvgIpc) is 2.92. The van der Waals surface area contributed by atoms with Crippen molar-refractivity contribution in [1.82, 2.24) is 0 Å². The summed E-state index contributed by atoms with van der Waals surface area (Å²) in [4.78, 5) is 27.3. The topological polar surface area (TPSA) is 89.9 Å². The summed E-state index contributed by atoms with van der Waals surface area (Å²) in [6.45, 7) is 1.58. The van der Waals surface area contributed by atoms with Gasteiger partial charge in [0.2, 0.25) is 0 Å². The quantitative estimate of drug-likeness (QED) is 0.430. The van der Waals surface area contributed by atoms with E-state index in [0.29, 0.717) is 16.8 Å². The van der Waals surface area contributed by atoms with Crippen molar-refractivity contribution in [2.75, 3.05) is 23.4 Å². The van der Waals surface area contributed by atoms with E-state index in [-0.39, 0.29) is 27.4 Å². The normalized spacial score (nSPS) is 18.6. The van der Waals surface area contributed by atoms with Gasteiger partial charge in [0.15, 0.2) is 5.60 Å². The predicted molar refractivity (Wildman–Crippen MR) is 134 cm³/mol. The molecule has 0 saturated heterocycles. The van der Waals surface area contributed by atoms with Crippen LogP contribution < -0.4 is 10.2 Å². The van der Waals surface area contributed by atoms with Crippen LogP contribution in [0.3, 0.4) is 0 Å². The van der Waals surface area contributed by atoms with Gasteiger partial charge in [-0.1, -0.05) is 11.6 Å². The van der Waals surface area contributed by atoms with Crippen LogP contribution in [0.25, 0.3) is 0 Å². The molecule has 4 rings (SSSR count). The molecule has 0 saturated carbocycles. The number of fused-ring (bicyclic) bond motifs is 1. The number of carbonyl (C=O) groups is 2. The Balaban J connectivity index is 1.66. The monoisotopic (exact) mass is 532 g/mol. The number of benzene rings is 3. The summed E-state index contributed by atoms with van der Waals surface area (Å²) in [6, 6.07) is 12.1. The third-order valence-electron chi connectivity index (χ3n) is 6.58. The molecule has 3 aromatic rings. The van der Waals surface area contributed by atoms with E-state index in [9.17, 15) is 33.0 Å². The third-order valence-corrected chi connectivity index (χ3v) is 6.81.